The molecule has 5 nitrogen and oxygen atoms in total. The first-order valence-corrected chi connectivity index (χ1v) is 8.52. The minimum atomic E-state index is -0.553. The highest BCUT2D eigenvalue weighted by atomic mass is 79.9. The van der Waals surface area contributed by atoms with E-state index in [4.69, 9.17) is 0 Å². The summed E-state index contributed by atoms with van der Waals surface area (Å²) in [4.78, 5) is 37.7. The van der Waals surface area contributed by atoms with E-state index in [1.54, 1.807) is 6.07 Å². The zero-order valence-corrected chi connectivity index (χ0v) is 14.4. The van der Waals surface area contributed by atoms with Gasteiger partial charge in [-0.15, -0.1) is 0 Å². The Labute approximate surface area is 147 Å². The van der Waals surface area contributed by atoms with Crippen LogP contribution in [0.3, 0.4) is 0 Å². The molecule has 1 fully saturated rings. The summed E-state index contributed by atoms with van der Waals surface area (Å²) >= 11 is 3.14. The van der Waals surface area contributed by atoms with E-state index < -0.39 is 11.7 Å². The summed E-state index contributed by atoms with van der Waals surface area (Å²) in [6, 6.07) is 4.31. The van der Waals surface area contributed by atoms with Crippen LogP contribution >= 0.6 is 15.9 Å². The molecular formula is C17H16BrFN2O3. The Morgan fingerprint density at radius 1 is 1.21 bits per heavy atom. The normalized spacial score (nSPS) is 22.7. The zero-order valence-electron chi connectivity index (χ0n) is 12.8. The standard InChI is InChI=1S/C17H16BrFN2O3/c18-10-5-6-14(13(19)9-10)20-15(22)7-8-21-16(23)11-3-1-2-4-12(11)17(21)24/h1-2,5-6,9,11-12H,3-4,7-8H2,(H,20,22)/t11-,12+. The van der Waals surface area contributed by atoms with Gasteiger partial charge in [-0.1, -0.05) is 28.1 Å². The number of amides is 3. The number of fused-ring (bicyclic) bond motifs is 1. The second kappa shape index (κ2) is 6.84. The maximum Gasteiger partial charge on any atom is 0.233 e. The number of nitrogens with zero attached hydrogens (tertiary/aromatic N) is 1. The monoisotopic (exact) mass is 394 g/mol. The molecule has 2 atom stereocenters. The molecule has 0 radical (unpaired) electrons. The summed E-state index contributed by atoms with van der Waals surface area (Å²) in [5.74, 6) is -2.01. The van der Waals surface area contributed by atoms with Crippen molar-refractivity contribution >= 4 is 39.3 Å². The summed E-state index contributed by atoms with van der Waals surface area (Å²) in [5.41, 5.74) is 0.0696. The van der Waals surface area contributed by atoms with Crippen molar-refractivity contribution in [2.75, 3.05) is 11.9 Å². The van der Waals surface area contributed by atoms with Crippen LogP contribution in [0.25, 0.3) is 0 Å². The largest absolute Gasteiger partial charge is 0.324 e. The number of likely N-dealkylation sites (tertiary alicyclic amines) is 1. The predicted octanol–water partition coefficient (Wildman–Crippen LogP) is 2.87. The first-order chi connectivity index (χ1) is 11.5. The van der Waals surface area contributed by atoms with Crippen LogP contribution in [0.4, 0.5) is 10.1 Å². The number of hydrogen-bond donors (Lipinski definition) is 1. The van der Waals surface area contributed by atoms with Gasteiger partial charge in [0.05, 0.1) is 17.5 Å². The molecule has 24 heavy (non-hydrogen) atoms. The second-order valence-electron chi connectivity index (χ2n) is 5.91. The third-order valence-corrected chi connectivity index (χ3v) is 4.86. The third kappa shape index (κ3) is 3.26. The van der Waals surface area contributed by atoms with Gasteiger partial charge in [0, 0.05) is 17.4 Å². The summed E-state index contributed by atoms with van der Waals surface area (Å²) in [6.45, 7) is 0.0225. The molecule has 7 heteroatoms. The summed E-state index contributed by atoms with van der Waals surface area (Å²) < 4.78 is 14.3. The maximum absolute atomic E-state index is 13.7. The highest BCUT2D eigenvalue weighted by Crippen LogP contribution is 2.35. The summed E-state index contributed by atoms with van der Waals surface area (Å²) in [7, 11) is 0. The van der Waals surface area contributed by atoms with Crippen molar-refractivity contribution in [3.63, 3.8) is 0 Å². The number of anilines is 1. The van der Waals surface area contributed by atoms with Gasteiger partial charge in [-0.25, -0.2) is 4.39 Å². The number of imide groups is 1. The van der Waals surface area contributed by atoms with Crippen LogP contribution in [0.5, 0.6) is 0 Å². The zero-order chi connectivity index (χ0) is 17.3. The van der Waals surface area contributed by atoms with E-state index in [9.17, 15) is 18.8 Å². The third-order valence-electron chi connectivity index (χ3n) is 4.37. The number of allylic oxidation sites excluding steroid dienone is 2. The van der Waals surface area contributed by atoms with E-state index in [1.165, 1.54) is 17.0 Å². The molecule has 1 aliphatic heterocycles. The van der Waals surface area contributed by atoms with Gasteiger partial charge in [-0.2, -0.15) is 0 Å². The van der Waals surface area contributed by atoms with Crippen LogP contribution in [0.15, 0.2) is 34.8 Å². The topological polar surface area (TPSA) is 66.5 Å². The Hall–Kier alpha value is -2.02. The Kier molecular flexibility index (Phi) is 4.80. The van der Waals surface area contributed by atoms with Crippen molar-refractivity contribution in [1.82, 2.24) is 4.90 Å². The molecule has 0 aromatic heterocycles. The van der Waals surface area contributed by atoms with Crippen molar-refractivity contribution in [3.8, 4) is 0 Å². The molecule has 0 bridgehead atoms. The molecule has 126 valence electrons. The lowest BCUT2D eigenvalue weighted by Gasteiger charge is -2.14. The van der Waals surface area contributed by atoms with Gasteiger partial charge in [0.1, 0.15) is 5.82 Å². The lowest BCUT2D eigenvalue weighted by molar-refractivity contribution is -0.140. The summed E-state index contributed by atoms with van der Waals surface area (Å²) in [5, 5.41) is 2.46. The minimum Gasteiger partial charge on any atom is -0.324 e. The van der Waals surface area contributed by atoms with Gasteiger partial charge < -0.3 is 5.32 Å². The second-order valence-corrected chi connectivity index (χ2v) is 6.82. The number of carbonyl (C=O) groups excluding carboxylic acids is 3. The quantitative estimate of drug-likeness (QED) is 0.630. The number of halogens is 2. The molecule has 1 N–H and O–H groups in total. The SMILES string of the molecule is O=C(CCN1C(=O)[C@H]2CC=CC[C@H]2C1=O)Nc1ccc(Br)cc1F. The molecule has 2 aliphatic rings. The van der Waals surface area contributed by atoms with E-state index >= 15 is 0 Å². The molecule has 1 heterocycles. The van der Waals surface area contributed by atoms with E-state index in [-0.39, 0.29) is 42.3 Å². The van der Waals surface area contributed by atoms with Gasteiger partial charge >= 0.3 is 0 Å². The maximum atomic E-state index is 13.7. The molecule has 0 spiro atoms. The fraction of sp³-hybridized carbons (Fsp3) is 0.353. The molecular weight excluding hydrogens is 379 g/mol. The van der Waals surface area contributed by atoms with Crippen LogP contribution in [0.1, 0.15) is 19.3 Å². The van der Waals surface area contributed by atoms with Crippen LogP contribution in [-0.2, 0) is 14.4 Å². The van der Waals surface area contributed by atoms with Crippen molar-refractivity contribution in [2.45, 2.75) is 19.3 Å². The van der Waals surface area contributed by atoms with E-state index in [1.807, 2.05) is 12.2 Å². The van der Waals surface area contributed by atoms with Gasteiger partial charge in [-0.3, -0.25) is 19.3 Å². The molecule has 1 saturated heterocycles. The van der Waals surface area contributed by atoms with Gasteiger partial charge in [0.2, 0.25) is 17.7 Å². The van der Waals surface area contributed by atoms with E-state index in [0.717, 1.165) is 0 Å². The Bertz CT molecular complexity index is 709. The number of carbonyl (C=O) groups is 3. The van der Waals surface area contributed by atoms with Gasteiger partial charge in [0.15, 0.2) is 0 Å². The Morgan fingerprint density at radius 3 is 2.42 bits per heavy atom. The van der Waals surface area contributed by atoms with Crippen LogP contribution in [0.2, 0.25) is 0 Å². The number of benzene rings is 1. The molecule has 0 unspecified atom stereocenters. The van der Waals surface area contributed by atoms with Crippen LogP contribution < -0.4 is 5.32 Å². The van der Waals surface area contributed by atoms with Crippen LogP contribution in [-0.4, -0.2) is 29.2 Å². The Morgan fingerprint density at radius 2 is 1.83 bits per heavy atom. The van der Waals surface area contributed by atoms with Gasteiger partial charge in [-0.05, 0) is 31.0 Å². The number of hydrogen-bond acceptors (Lipinski definition) is 3. The lowest BCUT2D eigenvalue weighted by atomic mass is 9.85. The first-order valence-electron chi connectivity index (χ1n) is 7.72. The number of rotatable bonds is 4. The molecule has 1 aliphatic carbocycles. The lowest BCUT2D eigenvalue weighted by Crippen LogP contribution is -2.34. The highest BCUT2D eigenvalue weighted by molar-refractivity contribution is 9.10. The van der Waals surface area contributed by atoms with Crippen molar-refractivity contribution < 1.29 is 18.8 Å². The highest BCUT2D eigenvalue weighted by Gasteiger charge is 2.46. The fourth-order valence-electron chi connectivity index (χ4n) is 3.11. The fourth-order valence-corrected chi connectivity index (χ4v) is 3.44. The molecule has 0 saturated carbocycles. The van der Waals surface area contributed by atoms with E-state index in [0.29, 0.717) is 17.3 Å². The first kappa shape index (κ1) is 16.8. The average Bonchev–Trinajstić information content (AvgIpc) is 2.80. The van der Waals surface area contributed by atoms with Gasteiger partial charge in [0.25, 0.3) is 0 Å². The van der Waals surface area contributed by atoms with Crippen molar-refractivity contribution in [3.05, 3.63) is 40.6 Å². The Balaban J connectivity index is 1.58. The summed E-state index contributed by atoms with van der Waals surface area (Å²) in [6.07, 6.45) is 4.92. The smallest absolute Gasteiger partial charge is 0.233 e. The average molecular weight is 395 g/mol. The predicted molar refractivity (Wildman–Crippen MR) is 89.4 cm³/mol. The van der Waals surface area contributed by atoms with E-state index in [2.05, 4.69) is 21.2 Å². The minimum absolute atomic E-state index is 0.0225. The molecule has 3 rings (SSSR count). The molecule has 1 aromatic carbocycles. The van der Waals surface area contributed by atoms with Crippen LogP contribution in [0, 0.1) is 17.7 Å². The van der Waals surface area contributed by atoms with Crippen molar-refractivity contribution in [1.29, 1.82) is 0 Å². The van der Waals surface area contributed by atoms with Crippen molar-refractivity contribution in [2.24, 2.45) is 11.8 Å². The number of nitrogens with one attached hydrogen (secondary N) is 1. The molecule has 3 amide bonds. The molecule has 1 aromatic rings.